The smallest absolute Gasteiger partial charge is 0.336 e. The van der Waals surface area contributed by atoms with Gasteiger partial charge in [0.25, 0.3) is 0 Å². The van der Waals surface area contributed by atoms with Gasteiger partial charge in [-0.25, -0.2) is 9.59 Å². The Kier molecular flexibility index (Phi) is 5.75. The first kappa shape index (κ1) is 18.7. The van der Waals surface area contributed by atoms with E-state index in [-0.39, 0.29) is 22.4 Å². The Hall–Kier alpha value is -3.60. The van der Waals surface area contributed by atoms with E-state index in [9.17, 15) is 14.9 Å². The summed E-state index contributed by atoms with van der Waals surface area (Å²) in [4.78, 5) is 24.9. The number of rotatable bonds is 4. The number of dihydropyridines is 1. The molecule has 0 bridgehead atoms. The molecule has 0 radical (unpaired) electrons. The molecule has 0 aliphatic carbocycles. The molecule has 0 spiro atoms. The second-order valence-electron chi connectivity index (χ2n) is 5.35. The monoisotopic (exact) mass is 355 g/mol. The van der Waals surface area contributed by atoms with Crippen LogP contribution in [0, 0.1) is 11.3 Å². The van der Waals surface area contributed by atoms with Gasteiger partial charge in [-0.3, -0.25) is 0 Å². The first-order valence-electron chi connectivity index (χ1n) is 7.55. The van der Waals surface area contributed by atoms with Crippen molar-refractivity contribution in [3.8, 4) is 6.07 Å². The van der Waals surface area contributed by atoms with E-state index in [2.05, 4.69) is 16.5 Å². The van der Waals surface area contributed by atoms with Crippen molar-refractivity contribution in [2.45, 2.75) is 12.8 Å². The average molecular weight is 355 g/mol. The molecule has 1 heterocycles. The molecular formula is C18H17N3O5. The summed E-state index contributed by atoms with van der Waals surface area (Å²) >= 11 is 0. The SMILES string of the molecule is COC(=O)C1=C(C)NC(C=NO)=C(C(=O)OC)C1c1ccccc1C#N. The van der Waals surface area contributed by atoms with Crippen molar-refractivity contribution in [3.05, 3.63) is 57.9 Å². The molecule has 26 heavy (non-hydrogen) atoms. The van der Waals surface area contributed by atoms with Crippen LogP contribution < -0.4 is 5.32 Å². The molecule has 2 N–H and O–H groups in total. The van der Waals surface area contributed by atoms with Crippen LogP contribution in [0.4, 0.5) is 0 Å². The molecule has 0 fully saturated rings. The number of nitriles is 1. The standard InChI is InChI=1S/C18H17N3O5/c1-10-14(17(22)25-2)15(12-7-5-4-6-11(12)8-19)16(18(23)26-3)13(21-10)9-20-24/h4-7,9,15,21,24H,1-3H3. The number of nitrogens with zero attached hydrogens (tertiary/aromatic N) is 2. The molecule has 1 aromatic carbocycles. The number of esters is 2. The number of ether oxygens (including phenoxy) is 2. The second kappa shape index (κ2) is 7.98. The third-order valence-corrected chi connectivity index (χ3v) is 3.98. The fourth-order valence-electron chi connectivity index (χ4n) is 2.89. The Morgan fingerprint density at radius 1 is 1.23 bits per heavy atom. The molecule has 1 aliphatic rings. The molecule has 1 aliphatic heterocycles. The number of nitrogens with one attached hydrogen (secondary N) is 1. The number of oxime groups is 1. The van der Waals surface area contributed by atoms with E-state index in [0.29, 0.717) is 11.3 Å². The van der Waals surface area contributed by atoms with Crippen LogP contribution in [0.25, 0.3) is 0 Å². The highest BCUT2D eigenvalue weighted by Gasteiger charge is 2.39. The van der Waals surface area contributed by atoms with Gasteiger partial charge >= 0.3 is 11.9 Å². The lowest BCUT2D eigenvalue weighted by Gasteiger charge is -2.30. The van der Waals surface area contributed by atoms with E-state index in [0.717, 1.165) is 6.21 Å². The molecule has 2 rings (SSSR count). The molecular weight excluding hydrogens is 338 g/mol. The summed E-state index contributed by atoms with van der Waals surface area (Å²) in [5.74, 6) is -2.33. The topological polar surface area (TPSA) is 121 Å². The number of carbonyl (C=O) groups is 2. The Labute approximate surface area is 150 Å². The van der Waals surface area contributed by atoms with Crippen LogP contribution in [0.5, 0.6) is 0 Å². The van der Waals surface area contributed by atoms with Gasteiger partial charge in [0.15, 0.2) is 0 Å². The van der Waals surface area contributed by atoms with Crippen molar-refractivity contribution in [1.29, 1.82) is 5.26 Å². The number of carbonyl (C=O) groups excluding carboxylic acids is 2. The summed E-state index contributed by atoms with van der Waals surface area (Å²) < 4.78 is 9.72. The molecule has 1 unspecified atom stereocenters. The summed E-state index contributed by atoms with van der Waals surface area (Å²) in [6.07, 6.45) is 1.03. The lowest BCUT2D eigenvalue weighted by molar-refractivity contribution is -0.137. The quantitative estimate of drug-likeness (QED) is 0.364. The Morgan fingerprint density at radius 3 is 2.42 bits per heavy atom. The number of hydrogen-bond acceptors (Lipinski definition) is 8. The maximum Gasteiger partial charge on any atom is 0.336 e. The van der Waals surface area contributed by atoms with Gasteiger partial charge in [-0.05, 0) is 18.6 Å². The molecule has 8 heteroatoms. The van der Waals surface area contributed by atoms with Gasteiger partial charge in [0, 0.05) is 5.70 Å². The van der Waals surface area contributed by atoms with E-state index < -0.39 is 17.9 Å². The first-order chi connectivity index (χ1) is 12.5. The van der Waals surface area contributed by atoms with Crippen molar-refractivity contribution in [2.24, 2.45) is 5.16 Å². The molecule has 0 saturated carbocycles. The zero-order valence-electron chi connectivity index (χ0n) is 14.4. The number of benzene rings is 1. The molecule has 0 amide bonds. The van der Waals surface area contributed by atoms with Gasteiger partial charge in [-0.15, -0.1) is 0 Å². The summed E-state index contributed by atoms with van der Waals surface area (Å²) in [6, 6.07) is 8.64. The highest BCUT2D eigenvalue weighted by Crippen LogP contribution is 2.40. The zero-order chi connectivity index (χ0) is 19.3. The number of methoxy groups -OCH3 is 2. The van der Waals surface area contributed by atoms with E-state index in [1.807, 2.05) is 0 Å². The third-order valence-electron chi connectivity index (χ3n) is 3.98. The van der Waals surface area contributed by atoms with Gasteiger partial charge in [-0.1, -0.05) is 23.4 Å². The minimum Gasteiger partial charge on any atom is -0.466 e. The Balaban J connectivity index is 2.86. The van der Waals surface area contributed by atoms with Crippen LogP contribution in [0.1, 0.15) is 24.0 Å². The van der Waals surface area contributed by atoms with Crippen LogP contribution >= 0.6 is 0 Å². The highest BCUT2D eigenvalue weighted by molar-refractivity contribution is 6.04. The zero-order valence-corrected chi connectivity index (χ0v) is 14.4. The minimum atomic E-state index is -0.931. The van der Waals surface area contributed by atoms with Gasteiger partial charge in [0.1, 0.15) is 0 Å². The largest absolute Gasteiger partial charge is 0.466 e. The molecule has 134 valence electrons. The third kappa shape index (κ3) is 3.28. The summed E-state index contributed by atoms with van der Waals surface area (Å²) in [5.41, 5.74) is 1.46. The maximum atomic E-state index is 12.5. The maximum absolute atomic E-state index is 12.5. The Bertz CT molecular complexity index is 877. The Morgan fingerprint density at radius 2 is 1.85 bits per heavy atom. The van der Waals surface area contributed by atoms with Crippen molar-refractivity contribution in [1.82, 2.24) is 5.32 Å². The lowest BCUT2D eigenvalue weighted by Crippen LogP contribution is -2.33. The number of hydrogen-bond donors (Lipinski definition) is 2. The minimum absolute atomic E-state index is 0.0269. The molecule has 1 aromatic rings. The highest BCUT2D eigenvalue weighted by atomic mass is 16.5. The van der Waals surface area contributed by atoms with Crippen LogP contribution in [0.2, 0.25) is 0 Å². The van der Waals surface area contributed by atoms with Crippen molar-refractivity contribution in [2.75, 3.05) is 14.2 Å². The van der Waals surface area contributed by atoms with E-state index in [1.54, 1.807) is 31.2 Å². The average Bonchev–Trinajstić information content (AvgIpc) is 2.66. The first-order valence-corrected chi connectivity index (χ1v) is 7.55. The van der Waals surface area contributed by atoms with E-state index in [4.69, 9.17) is 14.7 Å². The molecule has 1 atom stereocenters. The molecule has 8 nitrogen and oxygen atoms in total. The van der Waals surface area contributed by atoms with Gasteiger partial charge < -0.3 is 20.0 Å². The van der Waals surface area contributed by atoms with Crippen molar-refractivity contribution < 1.29 is 24.3 Å². The second-order valence-corrected chi connectivity index (χ2v) is 5.35. The van der Waals surface area contributed by atoms with Crippen LogP contribution in [0.15, 0.2) is 52.0 Å². The van der Waals surface area contributed by atoms with Crippen molar-refractivity contribution in [3.63, 3.8) is 0 Å². The van der Waals surface area contributed by atoms with Crippen LogP contribution in [-0.2, 0) is 19.1 Å². The molecule has 0 saturated heterocycles. The predicted octanol–water partition coefficient (Wildman–Crippen LogP) is 1.58. The number of allylic oxidation sites excluding steroid dienone is 2. The normalized spacial score (nSPS) is 16.9. The predicted molar refractivity (Wildman–Crippen MR) is 91.1 cm³/mol. The van der Waals surface area contributed by atoms with E-state index in [1.165, 1.54) is 14.2 Å². The van der Waals surface area contributed by atoms with Crippen LogP contribution in [0.3, 0.4) is 0 Å². The fraction of sp³-hybridized carbons (Fsp3) is 0.222. The molecule has 0 aromatic heterocycles. The van der Waals surface area contributed by atoms with Gasteiger partial charge in [0.05, 0.1) is 54.8 Å². The van der Waals surface area contributed by atoms with Gasteiger partial charge in [-0.2, -0.15) is 5.26 Å². The van der Waals surface area contributed by atoms with Crippen LogP contribution in [-0.4, -0.2) is 37.6 Å². The summed E-state index contributed by atoms with van der Waals surface area (Å²) in [5, 5.41) is 24.2. The summed E-state index contributed by atoms with van der Waals surface area (Å²) in [6.45, 7) is 1.62. The van der Waals surface area contributed by atoms with Gasteiger partial charge in [0.2, 0.25) is 0 Å². The van der Waals surface area contributed by atoms with E-state index >= 15 is 0 Å². The lowest BCUT2D eigenvalue weighted by atomic mass is 9.78. The summed E-state index contributed by atoms with van der Waals surface area (Å²) in [7, 11) is 2.42. The fourth-order valence-corrected chi connectivity index (χ4v) is 2.89. The van der Waals surface area contributed by atoms with Crippen molar-refractivity contribution >= 4 is 18.2 Å².